The van der Waals surface area contributed by atoms with Gasteiger partial charge in [-0.3, -0.25) is 0 Å². The molecule has 0 bridgehead atoms. The van der Waals surface area contributed by atoms with Crippen molar-refractivity contribution in [3.05, 3.63) is 0 Å². The van der Waals surface area contributed by atoms with Gasteiger partial charge in [-0.2, -0.15) is 9.78 Å². The van der Waals surface area contributed by atoms with E-state index in [1.165, 1.54) is 27.7 Å². The van der Waals surface area contributed by atoms with Crippen molar-refractivity contribution in [2.45, 2.75) is 53.1 Å². The van der Waals surface area contributed by atoms with Crippen LogP contribution in [0.5, 0.6) is 0 Å². The maximum absolute atomic E-state index is 8.92. The lowest BCUT2D eigenvalue weighted by atomic mass is 10.4. The average Bonchev–Trinajstić information content (AvgIpc) is 1.86. The van der Waals surface area contributed by atoms with Crippen LogP contribution in [-0.4, -0.2) is 21.8 Å². The minimum atomic E-state index is -1.38. The molecule has 12 heavy (non-hydrogen) atoms. The minimum absolute atomic E-state index is 1.37. The summed E-state index contributed by atoms with van der Waals surface area (Å²) < 4.78 is 0. The van der Waals surface area contributed by atoms with Crippen LogP contribution in [0.2, 0.25) is 0 Å². The summed E-state index contributed by atoms with van der Waals surface area (Å²) in [5.41, 5.74) is 0. The third kappa shape index (κ3) is 16.4. The van der Waals surface area contributed by atoms with E-state index >= 15 is 0 Å². The van der Waals surface area contributed by atoms with Crippen LogP contribution >= 0.6 is 0 Å². The third-order valence-electron chi connectivity index (χ3n) is 0.450. The lowest BCUT2D eigenvalue weighted by Gasteiger charge is -2.22. The summed E-state index contributed by atoms with van der Waals surface area (Å²) in [5.74, 6) is -2.75. The zero-order chi connectivity index (χ0) is 10.4. The highest BCUT2D eigenvalue weighted by Crippen LogP contribution is 2.10. The quantitative estimate of drug-likeness (QED) is 0.392. The molecule has 0 aromatic carbocycles. The van der Waals surface area contributed by atoms with E-state index in [4.69, 9.17) is 10.2 Å². The topological polar surface area (TPSA) is 58.9 Å². The predicted octanol–water partition coefficient (Wildman–Crippen LogP) is 1.42. The Kier molecular flexibility index (Phi) is 6.56. The molecule has 0 atom stereocenters. The van der Waals surface area contributed by atoms with Crippen LogP contribution in [0.4, 0.5) is 0 Å². The van der Waals surface area contributed by atoms with Crippen LogP contribution in [0, 0.1) is 0 Å². The molecule has 0 aliphatic rings. The summed E-state index contributed by atoms with van der Waals surface area (Å²) in [7, 11) is 0. The van der Waals surface area contributed by atoms with Gasteiger partial charge in [-0.15, -0.1) is 0 Å². The van der Waals surface area contributed by atoms with Gasteiger partial charge in [0.1, 0.15) is 0 Å². The highest BCUT2D eigenvalue weighted by Gasteiger charge is 2.21. The van der Waals surface area contributed by atoms with Crippen molar-refractivity contribution in [1.82, 2.24) is 0 Å². The van der Waals surface area contributed by atoms with Crippen molar-refractivity contribution in [3.63, 3.8) is 0 Å². The molecular weight excluding hydrogens is 160 g/mol. The predicted molar refractivity (Wildman–Crippen MR) is 46.1 cm³/mol. The Hall–Kier alpha value is -0.160. The van der Waals surface area contributed by atoms with Crippen molar-refractivity contribution < 1.29 is 20.0 Å². The van der Waals surface area contributed by atoms with E-state index in [0.29, 0.717) is 0 Å². The standard InChI is InChI=1S/C6H14O4.C2H6/c1-5(2,7)9-10-6(3,4)8;1-2/h7-8H,1-4H3;1-2H3. The molecule has 0 aliphatic carbocycles. The molecule has 76 valence electrons. The summed E-state index contributed by atoms with van der Waals surface area (Å²) in [5, 5.41) is 17.8. The number of hydrogen-bond acceptors (Lipinski definition) is 4. The second-order valence-corrected chi connectivity index (χ2v) is 3.06. The average molecular weight is 180 g/mol. The first-order valence-electron chi connectivity index (χ1n) is 4.02. The molecular formula is C8H20O4. The zero-order valence-electron chi connectivity index (χ0n) is 8.71. The number of hydrogen-bond donors (Lipinski definition) is 2. The van der Waals surface area contributed by atoms with Crippen molar-refractivity contribution in [3.8, 4) is 0 Å². The van der Waals surface area contributed by atoms with Gasteiger partial charge in [-0.25, -0.2) is 0 Å². The SMILES string of the molecule is CC.CC(C)(O)OOC(C)(C)O. The zero-order valence-corrected chi connectivity index (χ0v) is 8.71. The van der Waals surface area contributed by atoms with Crippen molar-refractivity contribution in [1.29, 1.82) is 0 Å². The first kappa shape index (κ1) is 14.4. The molecule has 0 fully saturated rings. The van der Waals surface area contributed by atoms with Gasteiger partial charge in [0.25, 0.3) is 0 Å². The van der Waals surface area contributed by atoms with Crippen LogP contribution in [0.15, 0.2) is 0 Å². The highest BCUT2D eigenvalue weighted by molar-refractivity contribution is 4.46. The van der Waals surface area contributed by atoms with Gasteiger partial charge in [0.05, 0.1) is 0 Å². The molecule has 0 spiro atoms. The Morgan fingerprint density at radius 2 is 0.917 bits per heavy atom. The fourth-order valence-corrected chi connectivity index (χ4v) is 0.204. The summed E-state index contributed by atoms with van der Waals surface area (Å²) in [6, 6.07) is 0. The number of aliphatic hydroxyl groups is 2. The smallest absolute Gasteiger partial charge is 0.193 e. The number of rotatable bonds is 3. The molecule has 0 saturated carbocycles. The van der Waals surface area contributed by atoms with Gasteiger partial charge >= 0.3 is 0 Å². The Bertz CT molecular complexity index is 84.6. The second kappa shape index (κ2) is 5.48. The van der Waals surface area contributed by atoms with E-state index in [1.54, 1.807) is 0 Å². The lowest BCUT2D eigenvalue weighted by Crippen LogP contribution is -2.31. The molecule has 0 aromatic rings. The maximum atomic E-state index is 8.92. The maximum Gasteiger partial charge on any atom is 0.193 e. The first-order valence-corrected chi connectivity index (χ1v) is 4.02. The van der Waals surface area contributed by atoms with Gasteiger partial charge in [0.2, 0.25) is 0 Å². The van der Waals surface area contributed by atoms with Crippen molar-refractivity contribution in [2.24, 2.45) is 0 Å². The fourth-order valence-electron chi connectivity index (χ4n) is 0.204. The van der Waals surface area contributed by atoms with Gasteiger partial charge in [0.15, 0.2) is 11.6 Å². The molecule has 0 unspecified atom stereocenters. The summed E-state index contributed by atoms with van der Waals surface area (Å²) in [6.45, 7) is 9.61. The Morgan fingerprint density at radius 3 is 1.00 bits per heavy atom. The molecule has 0 heterocycles. The van der Waals surface area contributed by atoms with Gasteiger partial charge in [-0.05, 0) is 27.7 Å². The molecule has 0 aromatic heterocycles. The van der Waals surface area contributed by atoms with Gasteiger partial charge in [-0.1, -0.05) is 13.8 Å². The summed E-state index contributed by atoms with van der Waals surface area (Å²) in [4.78, 5) is 8.80. The van der Waals surface area contributed by atoms with E-state index < -0.39 is 11.6 Å². The van der Waals surface area contributed by atoms with E-state index in [9.17, 15) is 0 Å². The minimum Gasteiger partial charge on any atom is -0.364 e. The summed E-state index contributed by atoms with van der Waals surface area (Å²) >= 11 is 0. The first-order chi connectivity index (χ1) is 5.21. The van der Waals surface area contributed by atoms with Crippen LogP contribution < -0.4 is 0 Å². The second-order valence-electron chi connectivity index (χ2n) is 3.06. The van der Waals surface area contributed by atoms with Crippen LogP contribution in [0.3, 0.4) is 0 Å². The largest absolute Gasteiger partial charge is 0.364 e. The molecule has 0 radical (unpaired) electrons. The molecule has 4 nitrogen and oxygen atoms in total. The molecule has 0 rings (SSSR count). The van der Waals surface area contributed by atoms with E-state index in [1.807, 2.05) is 13.8 Å². The third-order valence-corrected chi connectivity index (χ3v) is 0.450. The van der Waals surface area contributed by atoms with Crippen LogP contribution in [0.25, 0.3) is 0 Å². The summed E-state index contributed by atoms with van der Waals surface area (Å²) in [6.07, 6.45) is 0. The Labute approximate surface area is 74.0 Å². The molecule has 0 aliphatic heterocycles. The highest BCUT2D eigenvalue weighted by atomic mass is 17.2. The van der Waals surface area contributed by atoms with Gasteiger partial charge in [0, 0.05) is 0 Å². The lowest BCUT2D eigenvalue weighted by molar-refractivity contribution is -0.478. The molecule has 4 heteroatoms. The van der Waals surface area contributed by atoms with Crippen LogP contribution in [0.1, 0.15) is 41.5 Å². The molecule has 0 amide bonds. The molecule has 2 N–H and O–H groups in total. The van der Waals surface area contributed by atoms with E-state index in [0.717, 1.165) is 0 Å². The van der Waals surface area contributed by atoms with Crippen molar-refractivity contribution >= 4 is 0 Å². The normalized spacial score (nSPS) is 12.0. The van der Waals surface area contributed by atoms with Crippen LogP contribution in [-0.2, 0) is 9.78 Å². The Balaban J connectivity index is 0. The van der Waals surface area contributed by atoms with Gasteiger partial charge < -0.3 is 10.2 Å². The van der Waals surface area contributed by atoms with Crippen molar-refractivity contribution in [2.75, 3.05) is 0 Å². The van der Waals surface area contributed by atoms with E-state index in [-0.39, 0.29) is 0 Å². The van der Waals surface area contributed by atoms with E-state index in [2.05, 4.69) is 9.78 Å². The Morgan fingerprint density at radius 1 is 0.750 bits per heavy atom. The molecule has 0 saturated heterocycles. The monoisotopic (exact) mass is 180 g/mol. The fraction of sp³-hybridized carbons (Fsp3) is 1.00.